The Hall–Kier alpha value is -1.83. The lowest BCUT2D eigenvalue weighted by molar-refractivity contribution is -0.141. The van der Waals surface area contributed by atoms with Crippen LogP contribution in [0.3, 0.4) is 0 Å². The van der Waals surface area contributed by atoms with Crippen molar-refractivity contribution < 1.29 is 18.0 Å². The number of aromatic nitrogens is 1. The minimum Gasteiger partial charge on any atom is -0.352 e. The van der Waals surface area contributed by atoms with Gasteiger partial charge in [-0.2, -0.15) is 13.2 Å². The van der Waals surface area contributed by atoms with Crippen molar-refractivity contribution in [1.82, 2.24) is 15.6 Å². The Morgan fingerprint density at radius 3 is 2.73 bits per heavy atom. The molecule has 0 spiro atoms. The van der Waals surface area contributed by atoms with Crippen molar-refractivity contribution in [3.63, 3.8) is 0 Å². The first-order chi connectivity index (χ1) is 10.4. The van der Waals surface area contributed by atoms with Crippen molar-refractivity contribution in [1.29, 1.82) is 0 Å². The van der Waals surface area contributed by atoms with Crippen LogP contribution in [-0.4, -0.2) is 30.5 Å². The average Bonchev–Trinajstić information content (AvgIpc) is 2.47. The second-order valence-corrected chi connectivity index (χ2v) is 5.37. The van der Waals surface area contributed by atoms with E-state index in [0.717, 1.165) is 38.4 Å². The quantitative estimate of drug-likeness (QED) is 0.788. The zero-order valence-corrected chi connectivity index (χ0v) is 11.9. The van der Waals surface area contributed by atoms with Crippen LogP contribution in [0.25, 0.3) is 0 Å². The summed E-state index contributed by atoms with van der Waals surface area (Å²) in [5, 5.41) is 5.84. The highest BCUT2D eigenvalue weighted by Crippen LogP contribution is 2.26. The minimum absolute atomic E-state index is 0.310. The van der Waals surface area contributed by atoms with E-state index in [2.05, 4.69) is 10.6 Å². The molecule has 0 radical (unpaired) electrons. The first-order valence-corrected chi connectivity index (χ1v) is 7.17. The fraction of sp³-hybridized carbons (Fsp3) is 0.571. The zero-order chi connectivity index (χ0) is 16.2. The third kappa shape index (κ3) is 4.33. The van der Waals surface area contributed by atoms with Gasteiger partial charge in [-0.1, -0.05) is 0 Å². The summed E-state index contributed by atoms with van der Waals surface area (Å²) in [6, 6.07) is 1.60. The van der Waals surface area contributed by atoms with Crippen LogP contribution in [0.15, 0.2) is 16.9 Å². The number of rotatable bonds is 4. The smallest absolute Gasteiger partial charge is 0.352 e. The lowest BCUT2D eigenvalue weighted by Crippen LogP contribution is -2.35. The van der Waals surface area contributed by atoms with Crippen molar-refractivity contribution in [3.05, 3.63) is 33.7 Å². The van der Waals surface area contributed by atoms with Gasteiger partial charge in [-0.3, -0.25) is 9.59 Å². The second-order valence-electron chi connectivity index (χ2n) is 5.37. The number of carbonyl (C=O) groups is 1. The summed E-state index contributed by atoms with van der Waals surface area (Å²) in [4.78, 5) is 25.1. The molecule has 1 fully saturated rings. The van der Waals surface area contributed by atoms with Crippen molar-refractivity contribution in [2.45, 2.75) is 25.4 Å². The highest BCUT2D eigenvalue weighted by atomic mass is 19.4. The first-order valence-electron chi connectivity index (χ1n) is 7.17. The van der Waals surface area contributed by atoms with E-state index in [-0.39, 0.29) is 5.56 Å². The predicted octanol–water partition coefficient (Wildman–Crippen LogP) is 1.51. The van der Waals surface area contributed by atoms with E-state index in [4.69, 9.17) is 0 Å². The van der Waals surface area contributed by atoms with Crippen LogP contribution in [0, 0.1) is 5.92 Å². The van der Waals surface area contributed by atoms with Crippen molar-refractivity contribution in [2.75, 3.05) is 19.6 Å². The molecule has 1 atom stereocenters. The van der Waals surface area contributed by atoms with E-state index in [1.54, 1.807) is 4.98 Å². The summed E-state index contributed by atoms with van der Waals surface area (Å²) in [6.07, 6.45) is -1.68. The molecular weight excluding hydrogens is 299 g/mol. The molecule has 0 bridgehead atoms. The number of carbonyl (C=O) groups excluding carboxylic acids is 1. The molecule has 1 saturated heterocycles. The number of amides is 1. The number of pyridine rings is 1. The number of nitrogens with one attached hydrogen (secondary N) is 3. The number of H-pyrrole nitrogens is 1. The van der Waals surface area contributed by atoms with Gasteiger partial charge < -0.3 is 15.6 Å². The number of alkyl halides is 3. The largest absolute Gasteiger partial charge is 0.431 e. The number of hydrogen-bond acceptors (Lipinski definition) is 3. The number of aromatic amines is 1. The summed E-state index contributed by atoms with van der Waals surface area (Å²) in [5.41, 5.74) is -2.51. The van der Waals surface area contributed by atoms with Crippen LogP contribution in [0.2, 0.25) is 0 Å². The topological polar surface area (TPSA) is 74.0 Å². The van der Waals surface area contributed by atoms with Crippen molar-refractivity contribution in [2.24, 2.45) is 5.92 Å². The van der Waals surface area contributed by atoms with Crippen LogP contribution in [0.5, 0.6) is 0 Å². The van der Waals surface area contributed by atoms with E-state index in [1.165, 1.54) is 0 Å². The van der Waals surface area contributed by atoms with Gasteiger partial charge in [-0.05, 0) is 50.4 Å². The van der Waals surface area contributed by atoms with Crippen LogP contribution in [-0.2, 0) is 6.18 Å². The Morgan fingerprint density at radius 2 is 2.14 bits per heavy atom. The summed E-state index contributed by atoms with van der Waals surface area (Å²) < 4.78 is 37.3. The molecule has 2 rings (SSSR count). The van der Waals surface area contributed by atoms with Gasteiger partial charge in [0.2, 0.25) is 0 Å². The third-order valence-corrected chi connectivity index (χ3v) is 3.70. The molecule has 5 nitrogen and oxygen atoms in total. The number of piperidine rings is 1. The molecule has 0 saturated carbocycles. The molecule has 8 heteroatoms. The maximum absolute atomic E-state index is 12.4. The molecule has 1 aliphatic rings. The van der Waals surface area contributed by atoms with Gasteiger partial charge >= 0.3 is 6.18 Å². The Kier molecular flexibility index (Phi) is 5.23. The maximum Gasteiger partial charge on any atom is 0.431 e. The van der Waals surface area contributed by atoms with E-state index < -0.39 is 23.3 Å². The average molecular weight is 317 g/mol. The number of halogens is 3. The molecule has 1 unspecified atom stereocenters. The molecular formula is C14H18F3N3O2. The molecule has 1 aliphatic heterocycles. The van der Waals surface area contributed by atoms with E-state index in [9.17, 15) is 22.8 Å². The Bertz CT molecular complexity index is 577. The Balaban J connectivity index is 1.91. The molecule has 1 aromatic heterocycles. The van der Waals surface area contributed by atoms with Gasteiger partial charge in [-0.15, -0.1) is 0 Å². The lowest BCUT2D eigenvalue weighted by Gasteiger charge is -2.22. The maximum atomic E-state index is 12.4. The van der Waals surface area contributed by atoms with Gasteiger partial charge in [-0.25, -0.2) is 0 Å². The van der Waals surface area contributed by atoms with E-state index >= 15 is 0 Å². The van der Waals surface area contributed by atoms with Gasteiger partial charge in [0.25, 0.3) is 11.5 Å². The normalized spacial score (nSPS) is 19.0. The van der Waals surface area contributed by atoms with Crippen LogP contribution in [0.4, 0.5) is 13.2 Å². The van der Waals surface area contributed by atoms with Crippen LogP contribution >= 0.6 is 0 Å². The van der Waals surface area contributed by atoms with Gasteiger partial charge in [0.15, 0.2) is 0 Å². The second kappa shape index (κ2) is 6.95. The van der Waals surface area contributed by atoms with Gasteiger partial charge in [0.05, 0.1) is 0 Å². The predicted molar refractivity (Wildman–Crippen MR) is 74.6 cm³/mol. The summed E-state index contributed by atoms with van der Waals surface area (Å²) in [7, 11) is 0. The molecule has 122 valence electrons. The highest BCUT2D eigenvalue weighted by molar-refractivity contribution is 5.93. The zero-order valence-electron chi connectivity index (χ0n) is 11.9. The SMILES string of the molecule is O=C(NCCC1CCCNC1)c1ccc(C(F)(F)F)[nH]c1=O. The molecule has 1 aromatic rings. The highest BCUT2D eigenvalue weighted by Gasteiger charge is 2.32. The first kappa shape index (κ1) is 16.5. The minimum atomic E-state index is -4.64. The van der Waals surface area contributed by atoms with Gasteiger partial charge in [0, 0.05) is 6.54 Å². The molecule has 0 aliphatic carbocycles. The monoisotopic (exact) mass is 317 g/mol. The molecule has 22 heavy (non-hydrogen) atoms. The van der Waals surface area contributed by atoms with E-state index in [1.807, 2.05) is 0 Å². The molecule has 1 amide bonds. The Morgan fingerprint density at radius 1 is 1.36 bits per heavy atom. The van der Waals surface area contributed by atoms with Gasteiger partial charge in [0.1, 0.15) is 11.3 Å². The number of hydrogen-bond donors (Lipinski definition) is 3. The fourth-order valence-corrected chi connectivity index (χ4v) is 2.47. The third-order valence-electron chi connectivity index (χ3n) is 3.70. The molecule has 0 aromatic carbocycles. The molecule has 3 N–H and O–H groups in total. The molecule has 2 heterocycles. The lowest BCUT2D eigenvalue weighted by atomic mass is 9.96. The standard InChI is InChI=1S/C14H18F3N3O2/c15-14(16,17)11-4-3-10(13(22)20-11)12(21)19-7-5-9-2-1-6-18-8-9/h3-4,9,18H,1-2,5-8H2,(H,19,21)(H,20,22). The fourth-order valence-electron chi connectivity index (χ4n) is 2.47. The summed E-state index contributed by atoms with van der Waals surface area (Å²) in [5.74, 6) is -0.182. The van der Waals surface area contributed by atoms with Crippen LogP contribution in [0.1, 0.15) is 35.3 Å². The van der Waals surface area contributed by atoms with Crippen molar-refractivity contribution >= 4 is 5.91 Å². The van der Waals surface area contributed by atoms with Crippen LogP contribution < -0.4 is 16.2 Å². The van der Waals surface area contributed by atoms with Crippen molar-refractivity contribution in [3.8, 4) is 0 Å². The summed E-state index contributed by atoms with van der Waals surface area (Å²) in [6.45, 7) is 2.30. The Labute approximate surface area is 125 Å². The summed E-state index contributed by atoms with van der Waals surface area (Å²) >= 11 is 0. The van der Waals surface area contributed by atoms with E-state index in [0.29, 0.717) is 18.5 Å².